The zero-order chi connectivity index (χ0) is 24.6. The van der Waals surface area contributed by atoms with Crippen LogP contribution in [0.1, 0.15) is 34.3 Å². The lowest BCUT2D eigenvalue weighted by Crippen LogP contribution is -2.24. The minimum atomic E-state index is -0.458. The van der Waals surface area contributed by atoms with E-state index in [4.69, 9.17) is 4.74 Å². The number of thioether (sulfide) groups is 1. The summed E-state index contributed by atoms with van der Waals surface area (Å²) in [7, 11) is 0. The van der Waals surface area contributed by atoms with Crippen LogP contribution in [0.2, 0.25) is 0 Å². The molecule has 0 aliphatic carbocycles. The summed E-state index contributed by atoms with van der Waals surface area (Å²) in [5.74, 6) is -0.657. The van der Waals surface area contributed by atoms with Gasteiger partial charge >= 0.3 is 5.97 Å². The molecule has 0 saturated carbocycles. The number of carbonyl (C=O) groups excluding carboxylic acids is 2. The molecule has 1 atom stereocenters. The van der Waals surface area contributed by atoms with Crippen LogP contribution in [-0.4, -0.2) is 32.1 Å². The predicted octanol–water partition coefficient (Wildman–Crippen LogP) is 5.77. The molecule has 4 aromatic rings. The molecule has 9 heteroatoms. The molecule has 0 saturated heterocycles. The van der Waals surface area contributed by atoms with Gasteiger partial charge in [-0.2, -0.15) is 0 Å². The van der Waals surface area contributed by atoms with E-state index in [-0.39, 0.29) is 17.8 Å². The Morgan fingerprint density at radius 3 is 2.49 bits per heavy atom. The summed E-state index contributed by atoms with van der Waals surface area (Å²) < 4.78 is 5.41. The van der Waals surface area contributed by atoms with Crippen molar-refractivity contribution in [2.24, 2.45) is 0 Å². The monoisotopic (exact) mass is 504 g/mol. The number of esters is 1. The van der Waals surface area contributed by atoms with Crippen molar-refractivity contribution in [3.63, 3.8) is 0 Å². The van der Waals surface area contributed by atoms with Crippen LogP contribution in [0.15, 0.2) is 78.1 Å². The number of carbonyl (C=O) groups is 2. The molecular weight excluding hydrogens is 480 g/mol. The van der Waals surface area contributed by atoms with Crippen LogP contribution in [0.3, 0.4) is 0 Å². The molecule has 2 heterocycles. The van der Waals surface area contributed by atoms with Gasteiger partial charge < -0.3 is 10.1 Å². The van der Waals surface area contributed by atoms with Crippen molar-refractivity contribution in [3.05, 3.63) is 89.2 Å². The van der Waals surface area contributed by atoms with E-state index in [2.05, 4.69) is 20.3 Å². The number of thiazole rings is 1. The molecule has 7 nitrogen and oxygen atoms in total. The first-order valence-corrected chi connectivity index (χ1v) is 12.8. The molecule has 2 aromatic carbocycles. The Bertz CT molecular complexity index is 1300. The second kappa shape index (κ2) is 11.7. The summed E-state index contributed by atoms with van der Waals surface area (Å²) in [5, 5.41) is 3.54. The van der Waals surface area contributed by atoms with E-state index >= 15 is 0 Å². The second-order valence-corrected chi connectivity index (χ2v) is 9.83. The van der Waals surface area contributed by atoms with E-state index < -0.39 is 5.97 Å². The Morgan fingerprint density at radius 1 is 1.06 bits per heavy atom. The summed E-state index contributed by atoms with van der Waals surface area (Å²) >= 11 is 2.48. The van der Waals surface area contributed by atoms with E-state index in [1.54, 1.807) is 6.92 Å². The molecule has 2 aromatic heterocycles. The molecule has 1 amide bonds. The van der Waals surface area contributed by atoms with Crippen molar-refractivity contribution >= 4 is 40.1 Å². The minimum Gasteiger partial charge on any atom is -0.457 e. The number of benzene rings is 2. The number of nitrogens with zero attached hydrogens (tertiary/aromatic N) is 3. The number of hydrogen-bond donors (Lipinski definition) is 1. The Kier molecular flexibility index (Phi) is 8.23. The minimum absolute atomic E-state index is 0.178. The number of ether oxygens (including phenoxy) is 1. The van der Waals surface area contributed by atoms with Crippen molar-refractivity contribution in [3.8, 4) is 11.3 Å². The summed E-state index contributed by atoms with van der Waals surface area (Å²) in [4.78, 5) is 38.9. The van der Waals surface area contributed by atoms with E-state index in [0.29, 0.717) is 27.1 Å². The molecule has 4 rings (SSSR count). The zero-order valence-electron chi connectivity index (χ0n) is 19.3. The lowest BCUT2D eigenvalue weighted by molar-refractivity contribution is -0.115. The normalized spacial score (nSPS) is 11.6. The number of aromatic nitrogens is 3. The Morgan fingerprint density at radius 2 is 1.77 bits per heavy atom. The van der Waals surface area contributed by atoms with Gasteiger partial charge in [-0.1, -0.05) is 90.7 Å². The lowest BCUT2D eigenvalue weighted by Gasteiger charge is -2.13. The molecule has 1 N–H and O–H groups in total. The molecule has 0 aliphatic heterocycles. The van der Waals surface area contributed by atoms with Crippen LogP contribution in [0.25, 0.3) is 11.3 Å². The number of anilines is 1. The van der Waals surface area contributed by atoms with E-state index in [1.165, 1.54) is 18.1 Å². The average molecular weight is 505 g/mol. The molecule has 0 bridgehead atoms. The third-order valence-corrected chi connectivity index (χ3v) is 7.41. The van der Waals surface area contributed by atoms with Crippen LogP contribution >= 0.6 is 23.1 Å². The number of hydrogen-bond acceptors (Lipinski definition) is 8. The van der Waals surface area contributed by atoms with Gasteiger partial charge in [0.2, 0.25) is 5.91 Å². The van der Waals surface area contributed by atoms with Gasteiger partial charge in [-0.25, -0.2) is 19.7 Å². The maximum Gasteiger partial charge on any atom is 0.350 e. The van der Waals surface area contributed by atoms with Crippen LogP contribution in [0.5, 0.6) is 0 Å². The highest BCUT2D eigenvalue weighted by molar-refractivity contribution is 8.00. The van der Waals surface area contributed by atoms with Crippen molar-refractivity contribution in [2.45, 2.75) is 37.2 Å². The van der Waals surface area contributed by atoms with E-state index in [1.807, 2.05) is 73.7 Å². The van der Waals surface area contributed by atoms with Gasteiger partial charge in [0, 0.05) is 5.56 Å². The first-order valence-electron chi connectivity index (χ1n) is 11.1. The fraction of sp³-hybridized carbons (Fsp3) is 0.192. The standard InChI is InChI=1S/C26H24N4O3S2/c1-3-21(34-22-14-20(27-16-28-22)19-12-8-5-9-13-19)24(31)30-26-29-17(2)23(35-26)25(32)33-15-18-10-6-4-7-11-18/h4-14,16,21H,3,15H2,1-2H3,(H,29,30,31). The fourth-order valence-electron chi connectivity index (χ4n) is 3.25. The van der Waals surface area contributed by atoms with Crippen LogP contribution < -0.4 is 5.32 Å². The van der Waals surface area contributed by atoms with Crippen molar-refractivity contribution in [1.82, 2.24) is 15.0 Å². The number of rotatable bonds is 9. The van der Waals surface area contributed by atoms with Gasteiger partial charge in [0.1, 0.15) is 22.8 Å². The first-order chi connectivity index (χ1) is 17.0. The maximum atomic E-state index is 13.0. The third-order valence-electron chi connectivity index (χ3n) is 5.06. The second-order valence-electron chi connectivity index (χ2n) is 7.61. The smallest absolute Gasteiger partial charge is 0.350 e. The lowest BCUT2D eigenvalue weighted by atomic mass is 10.1. The van der Waals surface area contributed by atoms with Crippen LogP contribution in [-0.2, 0) is 16.1 Å². The highest BCUT2D eigenvalue weighted by atomic mass is 32.2. The highest BCUT2D eigenvalue weighted by Gasteiger charge is 2.23. The number of amides is 1. The van der Waals surface area contributed by atoms with Crippen LogP contribution in [0.4, 0.5) is 5.13 Å². The van der Waals surface area contributed by atoms with Crippen molar-refractivity contribution in [2.75, 3.05) is 5.32 Å². The molecule has 0 radical (unpaired) electrons. The maximum absolute atomic E-state index is 13.0. The first kappa shape index (κ1) is 24.6. The van der Waals surface area contributed by atoms with Gasteiger partial charge in [0.05, 0.1) is 16.6 Å². The Balaban J connectivity index is 1.39. The van der Waals surface area contributed by atoms with Gasteiger partial charge in [-0.05, 0) is 25.0 Å². The van der Waals surface area contributed by atoms with Crippen LogP contribution in [0, 0.1) is 6.92 Å². The average Bonchev–Trinajstić information content (AvgIpc) is 3.26. The summed E-state index contributed by atoms with van der Waals surface area (Å²) in [6.07, 6.45) is 2.10. The molecular formula is C26H24N4O3S2. The molecule has 0 aliphatic rings. The number of nitrogens with one attached hydrogen (secondary N) is 1. The molecule has 1 unspecified atom stereocenters. The largest absolute Gasteiger partial charge is 0.457 e. The van der Waals surface area contributed by atoms with Gasteiger partial charge in [-0.3, -0.25) is 4.79 Å². The number of aryl methyl sites for hydroxylation is 1. The van der Waals surface area contributed by atoms with E-state index in [0.717, 1.165) is 28.2 Å². The highest BCUT2D eigenvalue weighted by Crippen LogP contribution is 2.29. The Labute approximate surface area is 212 Å². The van der Waals surface area contributed by atoms with Crippen molar-refractivity contribution < 1.29 is 14.3 Å². The van der Waals surface area contributed by atoms with E-state index in [9.17, 15) is 9.59 Å². The quantitative estimate of drug-likeness (QED) is 0.176. The van der Waals surface area contributed by atoms with Gasteiger partial charge in [-0.15, -0.1) is 0 Å². The summed E-state index contributed by atoms with van der Waals surface area (Å²) in [5.41, 5.74) is 3.21. The Hall–Kier alpha value is -3.56. The molecule has 35 heavy (non-hydrogen) atoms. The molecule has 178 valence electrons. The summed E-state index contributed by atoms with van der Waals surface area (Å²) in [6.45, 7) is 3.84. The SMILES string of the molecule is CCC(Sc1cc(-c2ccccc2)ncn1)C(=O)Nc1nc(C)c(C(=O)OCc2ccccc2)s1. The zero-order valence-corrected chi connectivity index (χ0v) is 20.9. The van der Waals surface area contributed by atoms with Gasteiger partial charge in [0.25, 0.3) is 0 Å². The van der Waals surface area contributed by atoms with Crippen molar-refractivity contribution in [1.29, 1.82) is 0 Å². The molecule has 0 spiro atoms. The predicted molar refractivity (Wildman–Crippen MR) is 138 cm³/mol. The molecule has 0 fully saturated rings. The topological polar surface area (TPSA) is 94.1 Å². The third kappa shape index (κ3) is 6.52. The fourth-order valence-corrected chi connectivity index (χ4v) is 5.03. The van der Waals surface area contributed by atoms with Gasteiger partial charge in [0.15, 0.2) is 5.13 Å². The summed E-state index contributed by atoms with van der Waals surface area (Å²) in [6, 6.07) is 21.2.